The standard InChI is InChI=1S/C19H26S2/c1-2-3-4-5-6-7-8-9-10-12-17-14-15-19(21-17)18-13-11-16-20-18/h10-16H,2-9H2,1H3/b12-10+. The van der Waals surface area contributed by atoms with Crippen molar-refractivity contribution < 1.29 is 0 Å². The minimum atomic E-state index is 1.22. The van der Waals surface area contributed by atoms with Gasteiger partial charge in [-0.25, -0.2) is 0 Å². The number of thiophene rings is 2. The third kappa shape index (κ3) is 6.19. The third-order valence-corrected chi connectivity index (χ3v) is 5.76. The van der Waals surface area contributed by atoms with E-state index in [-0.39, 0.29) is 0 Å². The Labute approximate surface area is 137 Å². The van der Waals surface area contributed by atoms with Gasteiger partial charge in [-0.1, -0.05) is 57.6 Å². The highest BCUT2D eigenvalue weighted by molar-refractivity contribution is 7.21. The lowest BCUT2D eigenvalue weighted by atomic mass is 10.1. The van der Waals surface area contributed by atoms with Gasteiger partial charge >= 0.3 is 0 Å². The summed E-state index contributed by atoms with van der Waals surface area (Å²) >= 11 is 3.71. The molecule has 0 aliphatic carbocycles. The van der Waals surface area contributed by atoms with E-state index in [9.17, 15) is 0 Å². The molecule has 2 heteroatoms. The fourth-order valence-electron chi connectivity index (χ4n) is 2.41. The van der Waals surface area contributed by atoms with Gasteiger partial charge in [-0.3, -0.25) is 0 Å². The first-order chi connectivity index (χ1) is 10.4. The minimum Gasteiger partial charge on any atom is -0.143 e. The van der Waals surface area contributed by atoms with E-state index in [4.69, 9.17) is 0 Å². The maximum atomic E-state index is 2.34. The predicted octanol–water partition coefficient (Wildman–Crippen LogP) is 7.63. The first-order valence-electron chi connectivity index (χ1n) is 8.20. The second kappa shape index (κ2) is 9.97. The van der Waals surface area contributed by atoms with Gasteiger partial charge in [0.1, 0.15) is 0 Å². The molecular weight excluding hydrogens is 292 g/mol. The molecule has 0 aliphatic heterocycles. The second-order valence-corrected chi connectivity index (χ2v) is 7.55. The Morgan fingerprint density at radius 3 is 2.48 bits per heavy atom. The Balaban J connectivity index is 1.61. The SMILES string of the molecule is CCCCCCCCC/C=C/c1ccc(-c2cccs2)s1. The number of hydrogen-bond donors (Lipinski definition) is 0. The average molecular weight is 319 g/mol. The molecule has 0 atom stereocenters. The summed E-state index contributed by atoms with van der Waals surface area (Å²) in [6, 6.07) is 8.79. The van der Waals surface area contributed by atoms with Gasteiger partial charge in [0, 0.05) is 14.6 Å². The zero-order valence-electron chi connectivity index (χ0n) is 13.0. The molecule has 0 aliphatic rings. The molecule has 0 unspecified atom stereocenters. The molecule has 0 N–H and O–H groups in total. The van der Waals surface area contributed by atoms with Crippen molar-refractivity contribution in [3.63, 3.8) is 0 Å². The van der Waals surface area contributed by atoms with E-state index >= 15 is 0 Å². The Morgan fingerprint density at radius 2 is 1.71 bits per heavy atom. The minimum absolute atomic E-state index is 1.22. The summed E-state index contributed by atoms with van der Waals surface area (Å²) in [4.78, 5) is 4.15. The smallest absolute Gasteiger partial charge is 0.0448 e. The quantitative estimate of drug-likeness (QED) is 0.395. The van der Waals surface area contributed by atoms with Gasteiger partial charge < -0.3 is 0 Å². The van der Waals surface area contributed by atoms with Crippen molar-refractivity contribution in [1.82, 2.24) is 0 Å². The van der Waals surface area contributed by atoms with Crippen LogP contribution < -0.4 is 0 Å². The molecule has 114 valence electrons. The maximum Gasteiger partial charge on any atom is 0.0448 e. The van der Waals surface area contributed by atoms with Gasteiger partial charge in [-0.15, -0.1) is 22.7 Å². The van der Waals surface area contributed by atoms with Gasteiger partial charge in [-0.2, -0.15) is 0 Å². The Morgan fingerprint density at radius 1 is 0.905 bits per heavy atom. The van der Waals surface area contributed by atoms with Crippen LogP contribution in [0.25, 0.3) is 15.8 Å². The maximum absolute atomic E-state index is 2.34. The van der Waals surface area contributed by atoms with Gasteiger partial charge in [0.05, 0.1) is 0 Å². The number of rotatable bonds is 10. The lowest BCUT2D eigenvalue weighted by molar-refractivity contribution is 0.592. The topological polar surface area (TPSA) is 0 Å². The number of allylic oxidation sites excluding steroid dienone is 1. The number of hydrogen-bond acceptors (Lipinski definition) is 2. The molecule has 0 radical (unpaired) electrons. The van der Waals surface area contributed by atoms with Crippen molar-refractivity contribution in [2.75, 3.05) is 0 Å². The third-order valence-electron chi connectivity index (χ3n) is 3.65. The molecule has 0 fully saturated rings. The normalized spacial score (nSPS) is 11.5. The van der Waals surface area contributed by atoms with E-state index < -0.39 is 0 Å². The molecule has 0 saturated carbocycles. The van der Waals surface area contributed by atoms with E-state index in [2.05, 4.69) is 48.7 Å². The molecule has 0 bridgehead atoms. The van der Waals surface area contributed by atoms with Crippen LogP contribution in [0.15, 0.2) is 35.7 Å². The van der Waals surface area contributed by atoms with E-state index in [0.717, 1.165) is 0 Å². The first kappa shape index (κ1) is 16.5. The molecule has 0 nitrogen and oxygen atoms in total. The van der Waals surface area contributed by atoms with Crippen molar-refractivity contribution in [3.8, 4) is 9.75 Å². The average Bonchev–Trinajstić information content (AvgIpc) is 3.16. The second-order valence-electron chi connectivity index (χ2n) is 5.49. The zero-order valence-corrected chi connectivity index (χ0v) is 14.6. The highest BCUT2D eigenvalue weighted by atomic mass is 32.1. The van der Waals surface area contributed by atoms with Crippen LogP contribution in [-0.2, 0) is 0 Å². The highest BCUT2D eigenvalue weighted by Gasteiger charge is 2.01. The molecule has 0 saturated heterocycles. The van der Waals surface area contributed by atoms with Crippen LogP contribution in [0.5, 0.6) is 0 Å². The van der Waals surface area contributed by atoms with Crippen molar-refractivity contribution in [3.05, 3.63) is 40.6 Å². The van der Waals surface area contributed by atoms with Crippen molar-refractivity contribution in [2.24, 2.45) is 0 Å². The summed E-state index contributed by atoms with van der Waals surface area (Å²) in [5, 5.41) is 2.14. The van der Waals surface area contributed by atoms with Gasteiger partial charge in [-0.05, 0) is 42.5 Å². The number of unbranched alkanes of at least 4 members (excludes halogenated alkanes) is 7. The van der Waals surface area contributed by atoms with Gasteiger partial charge in [0.15, 0.2) is 0 Å². The van der Waals surface area contributed by atoms with Gasteiger partial charge in [0.2, 0.25) is 0 Å². The van der Waals surface area contributed by atoms with Crippen molar-refractivity contribution in [1.29, 1.82) is 0 Å². The van der Waals surface area contributed by atoms with E-state index in [0.29, 0.717) is 0 Å². The van der Waals surface area contributed by atoms with Gasteiger partial charge in [0.25, 0.3) is 0 Å². The Bertz CT molecular complexity index is 505. The summed E-state index contributed by atoms with van der Waals surface area (Å²) in [5.41, 5.74) is 0. The van der Waals surface area contributed by atoms with Crippen LogP contribution in [0.4, 0.5) is 0 Å². The van der Waals surface area contributed by atoms with Crippen LogP contribution in [0, 0.1) is 0 Å². The molecule has 2 aromatic rings. The molecule has 0 aromatic carbocycles. The van der Waals surface area contributed by atoms with Crippen molar-refractivity contribution >= 4 is 28.7 Å². The van der Waals surface area contributed by atoms with Crippen LogP contribution in [0.2, 0.25) is 0 Å². The van der Waals surface area contributed by atoms with Crippen LogP contribution in [0.3, 0.4) is 0 Å². The van der Waals surface area contributed by atoms with E-state index in [1.54, 1.807) is 0 Å². The monoisotopic (exact) mass is 318 g/mol. The summed E-state index contributed by atoms with van der Waals surface area (Å²) in [6.07, 6.45) is 15.6. The largest absolute Gasteiger partial charge is 0.143 e. The van der Waals surface area contributed by atoms with E-state index in [1.165, 1.54) is 66.0 Å². The Kier molecular flexibility index (Phi) is 7.83. The molecule has 2 rings (SSSR count). The summed E-state index contributed by atoms with van der Waals surface area (Å²) in [5.74, 6) is 0. The zero-order chi connectivity index (χ0) is 14.8. The highest BCUT2D eigenvalue weighted by Crippen LogP contribution is 2.32. The lowest BCUT2D eigenvalue weighted by Crippen LogP contribution is -1.78. The molecule has 0 amide bonds. The first-order valence-corrected chi connectivity index (χ1v) is 9.90. The fraction of sp³-hybridized carbons (Fsp3) is 0.474. The van der Waals surface area contributed by atoms with Crippen LogP contribution in [0.1, 0.15) is 63.2 Å². The molecule has 2 aromatic heterocycles. The molecular formula is C19H26S2. The van der Waals surface area contributed by atoms with E-state index in [1.807, 2.05) is 22.7 Å². The fourth-order valence-corrected chi connectivity index (χ4v) is 4.19. The van der Waals surface area contributed by atoms with Crippen LogP contribution >= 0.6 is 22.7 Å². The predicted molar refractivity (Wildman–Crippen MR) is 99.3 cm³/mol. The van der Waals surface area contributed by atoms with Crippen LogP contribution in [-0.4, -0.2) is 0 Å². The summed E-state index contributed by atoms with van der Waals surface area (Å²) in [7, 11) is 0. The molecule has 2 heterocycles. The molecule has 0 spiro atoms. The Hall–Kier alpha value is -0.860. The summed E-state index contributed by atoms with van der Waals surface area (Å²) in [6.45, 7) is 2.28. The van der Waals surface area contributed by atoms with Crippen molar-refractivity contribution in [2.45, 2.75) is 58.3 Å². The lowest BCUT2D eigenvalue weighted by Gasteiger charge is -1.98. The molecule has 21 heavy (non-hydrogen) atoms. The summed E-state index contributed by atoms with van der Waals surface area (Å²) < 4.78 is 0.